The molecule has 1 heterocycles. The van der Waals surface area contributed by atoms with Gasteiger partial charge in [-0.25, -0.2) is 0 Å². The van der Waals surface area contributed by atoms with E-state index in [4.69, 9.17) is 19.4 Å². The molecule has 0 bridgehead atoms. The first-order chi connectivity index (χ1) is 5.08. The lowest BCUT2D eigenvalue weighted by atomic mass is 10.5. The molecule has 0 radical (unpaired) electrons. The van der Waals surface area contributed by atoms with Gasteiger partial charge in [-0.2, -0.15) is 0 Å². The summed E-state index contributed by atoms with van der Waals surface area (Å²) in [5, 5.41) is 0. The Morgan fingerprint density at radius 2 is 1.73 bits per heavy atom. The van der Waals surface area contributed by atoms with Crippen LogP contribution in [0.3, 0.4) is 0 Å². The molecule has 0 aliphatic carbocycles. The first kappa shape index (κ1) is 9.54. The molecule has 1 aliphatic heterocycles. The van der Waals surface area contributed by atoms with Crippen molar-refractivity contribution in [3.05, 3.63) is 0 Å². The fraction of sp³-hybridized carbons (Fsp3) is 1.00. The highest BCUT2D eigenvalue weighted by molar-refractivity contribution is 8.15. The Bertz CT molecular complexity index is 167. The summed E-state index contributed by atoms with van der Waals surface area (Å²) < 4.78 is 6.72. The van der Waals surface area contributed by atoms with Gasteiger partial charge in [-0.1, -0.05) is 4.31 Å². The molecule has 0 spiro atoms. The minimum absolute atomic E-state index is 0.576. The summed E-state index contributed by atoms with van der Waals surface area (Å²) >= 11 is 0.709. The Morgan fingerprint density at radius 1 is 1.18 bits per heavy atom. The third kappa shape index (κ3) is 4.12. The van der Waals surface area contributed by atoms with E-state index in [0.29, 0.717) is 37.4 Å². The van der Waals surface area contributed by atoms with Gasteiger partial charge in [0.05, 0.1) is 26.3 Å². The third-order valence-electron chi connectivity index (χ3n) is 1.20. The van der Waals surface area contributed by atoms with Crippen LogP contribution in [-0.4, -0.2) is 45.3 Å². The topological polar surface area (TPSA) is 73.2 Å². The summed E-state index contributed by atoms with van der Waals surface area (Å²) in [5.41, 5.74) is 0. The van der Waals surface area contributed by atoms with Crippen molar-refractivity contribution >= 4 is 17.8 Å². The lowest BCUT2D eigenvalue weighted by Crippen LogP contribution is -2.33. The Kier molecular flexibility index (Phi) is 3.39. The van der Waals surface area contributed by atoms with Crippen molar-refractivity contribution in [3.63, 3.8) is 0 Å². The van der Waals surface area contributed by atoms with Crippen molar-refractivity contribution in [1.29, 1.82) is 0 Å². The highest BCUT2D eigenvalue weighted by Gasteiger charge is 2.28. The molecule has 7 heteroatoms. The maximum atomic E-state index is 8.67. The molecule has 1 fully saturated rings. The fourth-order valence-electron chi connectivity index (χ4n) is 0.783. The largest absolute Gasteiger partial charge is 0.541 e. The van der Waals surface area contributed by atoms with Gasteiger partial charge in [-0.3, -0.25) is 14.7 Å². The summed E-state index contributed by atoms with van der Waals surface area (Å²) in [5.74, 6) is 0. The highest BCUT2D eigenvalue weighted by atomic mass is 32.5. The summed E-state index contributed by atoms with van der Waals surface area (Å²) in [6.07, 6.45) is 0. The molecule has 1 rings (SSSR count). The van der Waals surface area contributed by atoms with Crippen LogP contribution in [0.2, 0.25) is 0 Å². The minimum Gasteiger partial charge on any atom is -0.378 e. The van der Waals surface area contributed by atoms with Gasteiger partial charge < -0.3 is 4.74 Å². The number of ether oxygens (including phenoxy) is 1. The number of hydrogen-bond donors (Lipinski definition) is 3. The first-order valence-electron chi connectivity index (χ1n) is 3.17. The second kappa shape index (κ2) is 3.91. The smallest absolute Gasteiger partial charge is 0.378 e. The zero-order valence-corrected chi connectivity index (χ0v) is 7.59. The SMILES string of the molecule is OP(O)(O)=[S+]N1CCOCC1. The molecule has 5 nitrogen and oxygen atoms in total. The van der Waals surface area contributed by atoms with Crippen LogP contribution in [-0.2, 0) is 15.9 Å². The molecule has 11 heavy (non-hydrogen) atoms. The molecular weight excluding hydrogens is 189 g/mol. The third-order valence-corrected chi connectivity index (χ3v) is 3.36. The summed E-state index contributed by atoms with van der Waals surface area (Å²) in [4.78, 5) is 26.0. The van der Waals surface area contributed by atoms with E-state index in [9.17, 15) is 0 Å². The predicted molar refractivity (Wildman–Crippen MR) is 43.3 cm³/mol. The van der Waals surface area contributed by atoms with Crippen LogP contribution in [0.5, 0.6) is 0 Å². The van der Waals surface area contributed by atoms with E-state index in [2.05, 4.69) is 0 Å². The van der Waals surface area contributed by atoms with E-state index < -0.39 is 6.72 Å². The Labute approximate surface area is 68.6 Å². The molecule has 1 saturated heterocycles. The molecule has 0 amide bonds. The van der Waals surface area contributed by atoms with E-state index in [0.717, 1.165) is 0 Å². The second-order valence-electron chi connectivity index (χ2n) is 2.14. The number of morpholine rings is 1. The fourth-order valence-corrected chi connectivity index (χ4v) is 2.82. The molecular formula is C4H11NO4PS+. The molecule has 0 saturated carbocycles. The van der Waals surface area contributed by atoms with Crippen LogP contribution in [0.1, 0.15) is 0 Å². The predicted octanol–water partition coefficient (Wildman–Crippen LogP) is -1.03. The van der Waals surface area contributed by atoms with Gasteiger partial charge in [0.25, 0.3) is 0 Å². The standard InChI is InChI=1S/C4H11NO4PS/c6-10(7,8)11-5-1-3-9-4-2-5/h6-8H,1-4H2/q+1. The van der Waals surface area contributed by atoms with Crippen LogP contribution in [0.25, 0.3) is 0 Å². The monoisotopic (exact) mass is 200 g/mol. The first-order valence-corrected chi connectivity index (χ1v) is 6.20. The van der Waals surface area contributed by atoms with Crippen molar-refractivity contribution in [2.24, 2.45) is 0 Å². The van der Waals surface area contributed by atoms with Crippen molar-refractivity contribution < 1.29 is 19.4 Å². The van der Waals surface area contributed by atoms with Crippen molar-refractivity contribution in [2.75, 3.05) is 26.3 Å². The van der Waals surface area contributed by atoms with Crippen LogP contribution in [0.4, 0.5) is 0 Å². The number of rotatable bonds is 1. The van der Waals surface area contributed by atoms with Gasteiger partial charge in [0.15, 0.2) is 0 Å². The maximum Gasteiger partial charge on any atom is 0.541 e. The normalized spacial score (nSPS) is 21.7. The van der Waals surface area contributed by atoms with Gasteiger partial charge in [0.2, 0.25) is 0 Å². The molecule has 3 N–H and O–H groups in total. The summed E-state index contributed by atoms with van der Waals surface area (Å²) in [6.45, 7) is -1.31. The minimum atomic E-state index is -3.70. The van der Waals surface area contributed by atoms with E-state index in [1.54, 1.807) is 4.31 Å². The van der Waals surface area contributed by atoms with E-state index in [-0.39, 0.29) is 0 Å². The lowest BCUT2D eigenvalue weighted by Gasteiger charge is -2.13. The van der Waals surface area contributed by atoms with E-state index >= 15 is 0 Å². The van der Waals surface area contributed by atoms with E-state index in [1.807, 2.05) is 0 Å². The van der Waals surface area contributed by atoms with E-state index in [1.165, 1.54) is 0 Å². The molecule has 0 aromatic rings. The number of hydrogen-bond acceptors (Lipinski definition) is 1. The Balaban J connectivity index is 2.47. The molecule has 1 aliphatic rings. The Hall–Kier alpha value is 0.450. The Morgan fingerprint density at radius 3 is 2.18 bits per heavy atom. The molecule has 0 unspecified atom stereocenters. The second-order valence-corrected chi connectivity index (χ2v) is 5.80. The van der Waals surface area contributed by atoms with Gasteiger partial charge in [0.1, 0.15) is 0 Å². The average molecular weight is 200 g/mol. The highest BCUT2D eigenvalue weighted by Crippen LogP contribution is 2.31. The molecule has 66 valence electrons. The number of nitrogens with zero attached hydrogens (tertiary/aromatic N) is 1. The van der Waals surface area contributed by atoms with Crippen molar-refractivity contribution in [3.8, 4) is 0 Å². The zero-order chi connectivity index (χ0) is 8.32. The van der Waals surface area contributed by atoms with Crippen LogP contribution >= 0.6 is 6.72 Å². The van der Waals surface area contributed by atoms with Crippen LogP contribution in [0, 0.1) is 0 Å². The van der Waals surface area contributed by atoms with Crippen LogP contribution < -0.4 is 0 Å². The molecule has 0 aromatic heterocycles. The maximum absolute atomic E-state index is 8.67. The van der Waals surface area contributed by atoms with Crippen molar-refractivity contribution in [2.45, 2.75) is 0 Å². The molecule has 0 aromatic carbocycles. The summed E-state index contributed by atoms with van der Waals surface area (Å²) in [6, 6.07) is 0. The quantitative estimate of drug-likeness (QED) is 0.287. The van der Waals surface area contributed by atoms with Gasteiger partial charge >= 0.3 is 17.8 Å². The van der Waals surface area contributed by atoms with Gasteiger partial charge in [0, 0.05) is 0 Å². The lowest BCUT2D eigenvalue weighted by molar-refractivity contribution is 0.0774. The van der Waals surface area contributed by atoms with Gasteiger partial charge in [-0.15, -0.1) is 0 Å². The zero-order valence-electron chi connectivity index (χ0n) is 5.88. The van der Waals surface area contributed by atoms with Gasteiger partial charge in [-0.05, 0) is 0 Å². The molecule has 0 atom stereocenters. The van der Waals surface area contributed by atoms with Crippen molar-refractivity contribution in [1.82, 2.24) is 4.31 Å². The summed E-state index contributed by atoms with van der Waals surface area (Å²) in [7, 11) is 0. The van der Waals surface area contributed by atoms with Crippen LogP contribution in [0.15, 0.2) is 0 Å². The average Bonchev–Trinajstić information content (AvgIpc) is 1.85.